The second kappa shape index (κ2) is 7.06. The molecule has 0 saturated heterocycles. The van der Waals surface area contributed by atoms with E-state index < -0.39 is 17.4 Å². The lowest BCUT2D eigenvalue weighted by molar-refractivity contribution is 0.110. The molecule has 1 saturated carbocycles. The van der Waals surface area contributed by atoms with Gasteiger partial charge in [0.15, 0.2) is 0 Å². The van der Waals surface area contributed by atoms with Gasteiger partial charge in [-0.05, 0) is 25.0 Å². The summed E-state index contributed by atoms with van der Waals surface area (Å²) in [6.07, 6.45) is 5.29. The van der Waals surface area contributed by atoms with Crippen LogP contribution < -0.4 is 9.47 Å². The molecule has 1 aliphatic carbocycles. The molecule has 3 aromatic rings. The maximum absolute atomic E-state index is 14.3. The van der Waals surface area contributed by atoms with Gasteiger partial charge in [0.1, 0.15) is 17.8 Å². The normalized spacial score (nSPS) is 21.1. The van der Waals surface area contributed by atoms with E-state index in [1.165, 1.54) is 38.7 Å². The molecule has 0 atom stereocenters. The van der Waals surface area contributed by atoms with Crippen LogP contribution in [0.2, 0.25) is 0 Å². The third-order valence-electron chi connectivity index (χ3n) is 4.85. The Balaban J connectivity index is 1.72. The second-order valence-corrected chi connectivity index (χ2v) is 6.50. The van der Waals surface area contributed by atoms with Gasteiger partial charge >= 0.3 is 6.01 Å². The number of methoxy groups -OCH3 is 2. The summed E-state index contributed by atoms with van der Waals surface area (Å²) < 4.78 is 38.4. The number of hydrogen-bond donors (Lipinski definition) is 0. The average molecular weight is 385 g/mol. The molecule has 0 radical (unpaired) electrons. The molecule has 0 bridgehead atoms. The predicted octanol–water partition coefficient (Wildman–Crippen LogP) is 2.90. The smallest absolute Gasteiger partial charge is 0.319 e. The van der Waals surface area contributed by atoms with Gasteiger partial charge in [-0.3, -0.25) is 4.98 Å². The van der Waals surface area contributed by atoms with Crippen LogP contribution in [0.15, 0.2) is 36.9 Å². The first-order valence-corrected chi connectivity index (χ1v) is 8.60. The fraction of sp³-hybridized carbons (Fsp3) is 0.316. The number of pyridine rings is 1. The van der Waals surface area contributed by atoms with E-state index in [-0.39, 0.29) is 24.5 Å². The van der Waals surface area contributed by atoms with E-state index in [0.29, 0.717) is 22.8 Å². The monoisotopic (exact) mass is 385 g/mol. The van der Waals surface area contributed by atoms with E-state index in [2.05, 4.69) is 24.9 Å². The summed E-state index contributed by atoms with van der Waals surface area (Å²) in [6.45, 7) is 0. The second-order valence-electron chi connectivity index (χ2n) is 6.50. The highest BCUT2D eigenvalue weighted by Gasteiger charge is 2.52. The highest BCUT2D eigenvalue weighted by molar-refractivity contribution is 5.66. The largest absolute Gasteiger partial charge is 0.480 e. The van der Waals surface area contributed by atoms with Crippen molar-refractivity contribution in [1.29, 1.82) is 0 Å². The van der Waals surface area contributed by atoms with Crippen LogP contribution >= 0.6 is 0 Å². The SMILES string of the molecule is COc1ncc(-c2cnc(C3(c4ncccc4F)CC(F)C3)nc2)c(OC)n1. The molecule has 3 aromatic heterocycles. The molecule has 0 aliphatic heterocycles. The molecule has 1 fully saturated rings. The summed E-state index contributed by atoms with van der Waals surface area (Å²) in [5.74, 6) is 0.143. The Morgan fingerprint density at radius 2 is 1.79 bits per heavy atom. The minimum absolute atomic E-state index is 0.0925. The van der Waals surface area contributed by atoms with E-state index in [9.17, 15) is 8.78 Å². The van der Waals surface area contributed by atoms with Gasteiger partial charge in [0.2, 0.25) is 5.88 Å². The van der Waals surface area contributed by atoms with Gasteiger partial charge in [-0.15, -0.1) is 0 Å². The van der Waals surface area contributed by atoms with E-state index in [0.717, 1.165) is 0 Å². The lowest BCUT2D eigenvalue weighted by atomic mass is 9.64. The summed E-state index contributed by atoms with van der Waals surface area (Å²) in [5, 5.41) is 0. The van der Waals surface area contributed by atoms with Crippen LogP contribution in [0.25, 0.3) is 11.1 Å². The predicted molar refractivity (Wildman–Crippen MR) is 95.3 cm³/mol. The number of nitrogens with zero attached hydrogens (tertiary/aromatic N) is 5. The van der Waals surface area contributed by atoms with E-state index in [4.69, 9.17) is 9.47 Å². The molecular formula is C19H17F2N5O2. The first-order chi connectivity index (χ1) is 13.6. The van der Waals surface area contributed by atoms with Crippen LogP contribution in [-0.2, 0) is 5.41 Å². The fourth-order valence-electron chi connectivity index (χ4n) is 3.43. The Morgan fingerprint density at radius 3 is 2.39 bits per heavy atom. The molecule has 28 heavy (non-hydrogen) atoms. The van der Waals surface area contributed by atoms with Crippen molar-refractivity contribution in [1.82, 2.24) is 24.9 Å². The van der Waals surface area contributed by atoms with Crippen molar-refractivity contribution >= 4 is 0 Å². The van der Waals surface area contributed by atoms with Crippen molar-refractivity contribution in [3.63, 3.8) is 0 Å². The van der Waals surface area contributed by atoms with Gasteiger partial charge in [-0.25, -0.2) is 23.7 Å². The molecule has 3 heterocycles. The van der Waals surface area contributed by atoms with Crippen molar-refractivity contribution < 1.29 is 18.3 Å². The van der Waals surface area contributed by atoms with Crippen LogP contribution in [0, 0.1) is 5.82 Å². The van der Waals surface area contributed by atoms with Crippen molar-refractivity contribution in [2.45, 2.75) is 24.4 Å². The van der Waals surface area contributed by atoms with Gasteiger partial charge in [0.05, 0.1) is 30.9 Å². The minimum atomic E-state index is -1.04. The molecule has 9 heteroatoms. The molecule has 4 rings (SSSR count). The van der Waals surface area contributed by atoms with Crippen LogP contribution in [0.1, 0.15) is 24.4 Å². The Morgan fingerprint density at radius 1 is 1.04 bits per heavy atom. The molecule has 144 valence electrons. The summed E-state index contributed by atoms with van der Waals surface area (Å²) in [5.41, 5.74) is 0.381. The lowest BCUT2D eigenvalue weighted by Crippen LogP contribution is -2.46. The molecule has 0 amide bonds. The first kappa shape index (κ1) is 18.1. The average Bonchev–Trinajstić information content (AvgIpc) is 2.71. The van der Waals surface area contributed by atoms with Gasteiger partial charge in [-0.1, -0.05) is 0 Å². The summed E-state index contributed by atoms with van der Waals surface area (Å²) in [4.78, 5) is 21.1. The van der Waals surface area contributed by atoms with E-state index in [1.807, 2.05) is 0 Å². The number of ether oxygens (including phenoxy) is 2. The highest BCUT2D eigenvalue weighted by atomic mass is 19.1. The molecule has 0 N–H and O–H groups in total. The maximum atomic E-state index is 14.3. The standard InChI is InChI=1S/C19H17F2N5O2/c1-27-16-13(10-25-18(26-16)28-2)11-8-23-17(24-9-11)19(6-12(20)7-19)15-14(21)4-3-5-22-15/h3-5,8-10,12H,6-7H2,1-2H3. The van der Waals surface area contributed by atoms with Crippen molar-refractivity contribution in [2.24, 2.45) is 0 Å². The Kier molecular flexibility index (Phi) is 4.58. The lowest BCUT2D eigenvalue weighted by Gasteiger charge is -2.42. The molecule has 1 aliphatic rings. The van der Waals surface area contributed by atoms with Gasteiger partial charge in [0.25, 0.3) is 0 Å². The summed E-state index contributed by atoms with van der Waals surface area (Å²) in [6, 6.07) is 2.98. The summed E-state index contributed by atoms with van der Waals surface area (Å²) in [7, 11) is 2.94. The topological polar surface area (TPSA) is 82.9 Å². The van der Waals surface area contributed by atoms with Crippen LogP contribution in [0.4, 0.5) is 8.78 Å². The Bertz CT molecular complexity index is 994. The van der Waals surface area contributed by atoms with Crippen LogP contribution in [0.3, 0.4) is 0 Å². The zero-order valence-corrected chi connectivity index (χ0v) is 15.3. The summed E-state index contributed by atoms with van der Waals surface area (Å²) >= 11 is 0. The first-order valence-electron chi connectivity index (χ1n) is 8.60. The highest BCUT2D eigenvalue weighted by Crippen LogP contribution is 2.49. The number of rotatable bonds is 5. The Labute approximate surface area is 159 Å². The van der Waals surface area contributed by atoms with Gasteiger partial charge in [0, 0.05) is 30.4 Å². The van der Waals surface area contributed by atoms with E-state index in [1.54, 1.807) is 12.4 Å². The molecule has 0 aromatic carbocycles. The van der Waals surface area contributed by atoms with Gasteiger partial charge in [-0.2, -0.15) is 4.98 Å². The Hall–Kier alpha value is -3.23. The number of halogens is 2. The van der Waals surface area contributed by atoms with Crippen molar-refractivity contribution in [3.05, 3.63) is 54.3 Å². The maximum Gasteiger partial charge on any atom is 0.319 e. The van der Waals surface area contributed by atoms with Crippen LogP contribution in [-0.4, -0.2) is 45.3 Å². The number of alkyl halides is 1. The third-order valence-corrected chi connectivity index (χ3v) is 4.85. The minimum Gasteiger partial charge on any atom is -0.480 e. The molecular weight excluding hydrogens is 368 g/mol. The zero-order chi connectivity index (χ0) is 19.7. The fourth-order valence-corrected chi connectivity index (χ4v) is 3.43. The molecule has 0 spiro atoms. The quantitative estimate of drug-likeness (QED) is 0.668. The number of aromatic nitrogens is 5. The zero-order valence-electron chi connectivity index (χ0n) is 15.3. The third kappa shape index (κ3) is 2.92. The molecule has 0 unspecified atom stereocenters. The molecule has 7 nitrogen and oxygen atoms in total. The van der Waals surface area contributed by atoms with Gasteiger partial charge < -0.3 is 9.47 Å². The van der Waals surface area contributed by atoms with Crippen LogP contribution in [0.5, 0.6) is 11.9 Å². The van der Waals surface area contributed by atoms with Crippen molar-refractivity contribution in [2.75, 3.05) is 14.2 Å². The van der Waals surface area contributed by atoms with Crippen molar-refractivity contribution in [3.8, 4) is 23.0 Å². The van der Waals surface area contributed by atoms with E-state index >= 15 is 0 Å². The number of hydrogen-bond acceptors (Lipinski definition) is 7.